The molecule has 1 N–H and O–H groups in total. The number of carboxylic acid groups (broad SMARTS) is 1. The minimum atomic E-state index is -0.701. The maximum absolute atomic E-state index is 10.2. The van der Waals surface area contributed by atoms with Crippen molar-refractivity contribution in [3.8, 4) is 0 Å². The lowest BCUT2D eigenvalue weighted by atomic mass is 9.89. The number of allylic oxidation sites excluding steroid dienone is 2. The summed E-state index contributed by atoms with van der Waals surface area (Å²) in [6.07, 6.45) is 11.8. The van der Waals surface area contributed by atoms with Crippen molar-refractivity contribution in [3.05, 3.63) is 12.2 Å². The van der Waals surface area contributed by atoms with Crippen LogP contribution in [0.25, 0.3) is 0 Å². The summed E-state index contributed by atoms with van der Waals surface area (Å²) < 4.78 is 0. The summed E-state index contributed by atoms with van der Waals surface area (Å²) in [5, 5.41) is 8.42. The highest BCUT2D eigenvalue weighted by Gasteiger charge is 2.09. The fourth-order valence-corrected chi connectivity index (χ4v) is 1.82. The molecule has 0 aromatic heterocycles. The van der Waals surface area contributed by atoms with Crippen LogP contribution in [0.5, 0.6) is 0 Å². The molecule has 0 radical (unpaired) electrons. The average Bonchev–Trinajstić information content (AvgIpc) is 2.14. The smallest absolute Gasteiger partial charge is 0.303 e. The first-order chi connectivity index (χ1) is 6.29. The summed E-state index contributed by atoms with van der Waals surface area (Å²) in [6.45, 7) is 0. The van der Waals surface area contributed by atoms with Gasteiger partial charge in [0.25, 0.3) is 0 Å². The largest absolute Gasteiger partial charge is 0.481 e. The molecule has 0 heterocycles. The Bertz CT molecular complexity index is 179. The second kappa shape index (κ2) is 5.79. The van der Waals surface area contributed by atoms with Crippen molar-refractivity contribution in [2.75, 3.05) is 0 Å². The highest BCUT2D eigenvalue weighted by Crippen LogP contribution is 2.24. The molecule has 0 aromatic rings. The lowest BCUT2D eigenvalue weighted by Crippen LogP contribution is -2.02. The Morgan fingerprint density at radius 1 is 1.31 bits per heavy atom. The van der Waals surface area contributed by atoms with Gasteiger partial charge in [-0.1, -0.05) is 31.4 Å². The zero-order valence-corrected chi connectivity index (χ0v) is 8.04. The standard InChI is InChI=1S/C11H18O2/c12-11(13)9-5-4-8-10-6-2-1-3-7-10/h4,8,10H,1-3,5-7,9H2,(H,12,13)/b8-4+. The van der Waals surface area contributed by atoms with E-state index in [-0.39, 0.29) is 6.42 Å². The van der Waals surface area contributed by atoms with E-state index in [9.17, 15) is 4.79 Å². The Morgan fingerprint density at radius 3 is 2.62 bits per heavy atom. The maximum Gasteiger partial charge on any atom is 0.303 e. The molecule has 0 bridgehead atoms. The van der Waals surface area contributed by atoms with Gasteiger partial charge in [0, 0.05) is 6.42 Å². The Morgan fingerprint density at radius 2 is 2.00 bits per heavy atom. The van der Waals surface area contributed by atoms with Gasteiger partial charge in [-0.3, -0.25) is 4.79 Å². The molecule has 74 valence electrons. The summed E-state index contributed by atoms with van der Waals surface area (Å²) >= 11 is 0. The average molecular weight is 182 g/mol. The Hall–Kier alpha value is -0.790. The van der Waals surface area contributed by atoms with Crippen LogP contribution in [0.4, 0.5) is 0 Å². The van der Waals surface area contributed by atoms with Crippen LogP contribution in [0.15, 0.2) is 12.2 Å². The van der Waals surface area contributed by atoms with Gasteiger partial charge in [-0.05, 0) is 25.2 Å². The van der Waals surface area contributed by atoms with Gasteiger partial charge in [-0.15, -0.1) is 0 Å². The molecule has 0 atom stereocenters. The van der Waals surface area contributed by atoms with Crippen molar-refractivity contribution in [1.82, 2.24) is 0 Å². The van der Waals surface area contributed by atoms with E-state index in [0.29, 0.717) is 6.42 Å². The molecule has 0 unspecified atom stereocenters. The molecule has 0 aliphatic heterocycles. The first-order valence-corrected chi connectivity index (χ1v) is 5.17. The van der Waals surface area contributed by atoms with Crippen LogP contribution in [0.1, 0.15) is 44.9 Å². The van der Waals surface area contributed by atoms with Gasteiger partial charge in [0.1, 0.15) is 0 Å². The van der Waals surface area contributed by atoms with Crippen LogP contribution in [-0.4, -0.2) is 11.1 Å². The van der Waals surface area contributed by atoms with Gasteiger partial charge in [-0.25, -0.2) is 0 Å². The van der Waals surface area contributed by atoms with E-state index in [1.807, 2.05) is 6.08 Å². The molecule has 2 nitrogen and oxygen atoms in total. The topological polar surface area (TPSA) is 37.3 Å². The van der Waals surface area contributed by atoms with Gasteiger partial charge < -0.3 is 5.11 Å². The predicted octanol–water partition coefficient (Wildman–Crippen LogP) is 2.99. The summed E-state index contributed by atoms with van der Waals surface area (Å²) in [4.78, 5) is 10.2. The second-order valence-corrected chi connectivity index (χ2v) is 3.76. The number of aliphatic carboxylic acids is 1. The fraction of sp³-hybridized carbons (Fsp3) is 0.727. The van der Waals surface area contributed by atoms with E-state index in [0.717, 1.165) is 5.92 Å². The van der Waals surface area contributed by atoms with E-state index in [2.05, 4.69) is 6.08 Å². The summed E-state index contributed by atoms with van der Waals surface area (Å²) in [6, 6.07) is 0. The zero-order valence-electron chi connectivity index (χ0n) is 8.04. The van der Waals surface area contributed by atoms with Crippen molar-refractivity contribution in [3.63, 3.8) is 0 Å². The van der Waals surface area contributed by atoms with Gasteiger partial charge in [-0.2, -0.15) is 0 Å². The van der Waals surface area contributed by atoms with E-state index >= 15 is 0 Å². The van der Waals surface area contributed by atoms with Crippen molar-refractivity contribution < 1.29 is 9.90 Å². The molecule has 0 amide bonds. The summed E-state index contributed by atoms with van der Waals surface area (Å²) in [5.74, 6) is 0.0239. The van der Waals surface area contributed by atoms with Crippen LogP contribution < -0.4 is 0 Å². The fourth-order valence-electron chi connectivity index (χ4n) is 1.82. The molecular weight excluding hydrogens is 164 g/mol. The highest BCUT2D eigenvalue weighted by molar-refractivity contribution is 5.66. The van der Waals surface area contributed by atoms with Crippen LogP contribution >= 0.6 is 0 Å². The Labute approximate surface area is 79.6 Å². The number of carboxylic acids is 1. The van der Waals surface area contributed by atoms with Crippen molar-refractivity contribution in [2.45, 2.75) is 44.9 Å². The Kier molecular flexibility index (Phi) is 4.58. The second-order valence-electron chi connectivity index (χ2n) is 3.76. The van der Waals surface area contributed by atoms with Crippen LogP contribution in [0, 0.1) is 5.92 Å². The number of hydrogen-bond donors (Lipinski definition) is 1. The van der Waals surface area contributed by atoms with Crippen molar-refractivity contribution in [1.29, 1.82) is 0 Å². The lowest BCUT2D eigenvalue weighted by molar-refractivity contribution is -0.136. The van der Waals surface area contributed by atoms with Gasteiger partial charge in [0.05, 0.1) is 0 Å². The van der Waals surface area contributed by atoms with Gasteiger partial charge in [0.15, 0.2) is 0 Å². The normalized spacial score (nSPS) is 19.4. The van der Waals surface area contributed by atoms with Crippen LogP contribution in [0.2, 0.25) is 0 Å². The molecule has 1 aliphatic rings. The minimum absolute atomic E-state index is 0.267. The van der Waals surface area contributed by atoms with Crippen LogP contribution in [0.3, 0.4) is 0 Å². The number of rotatable bonds is 4. The highest BCUT2D eigenvalue weighted by atomic mass is 16.4. The first kappa shape index (κ1) is 10.3. The molecule has 2 heteroatoms. The van der Waals surface area contributed by atoms with Gasteiger partial charge >= 0.3 is 5.97 Å². The zero-order chi connectivity index (χ0) is 9.52. The van der Waals surface area contributed by atoms with Crippen molar-refractivity contribution >= 4 is 5.97 Å². The Balaban J connectivity index is 2.11. The monoisotopic (exact) mass is 182 g/mol. The minimum Gasteiger partial charge on any atom is -0.481 e. The van der Waals surface area contributed by atoms with Gasteiger partial charge in [0.2, 0.25) is 0 Å². The SMILES string of the molecule is O=C(O)CC/C=C/C1CCCCC1. The van der Waals surface area contributed by atoms with E-state index in [1.54, 1.807) is 0 Å². The van der Waals surface area contributed by atoms with Crippen LogP contribution in [-0.2, 0) is 4.79 Å². The quantitative estimate of drug-likeness (QED) is 0.678. The molecular formula is C11H18O2. The molecule has 0 saturated heterocycles. The predicted molar refractivity (Wildman–Crippen MR) is 52.6 cm³/mol. The van der Waals surface area contributed by atoms with E-state index in [4.69, 9.17) is 5.11 Å². The van der Waals surface area contributed by atoms with E-state index in [1.165, 1.54) is 32.1 Å². The van der Waals surface area contributed by atoms with E-state index < -0.39 is 5.97 Å². The summed E-state index contributed by atoms with van der Waals surface area (Å²) in [5.41, 5.74) is 0. The molecule has 13 heavy (non-hydrogen) atoms. The number of hydrogen-bond acceptors (Lipinski definition) is 1. The molecule has 0 aromatic carbocycles. The molecule has 1 fully saturated rings. The third kappa shape index (κ3) is 4.71. The number of carbonyl (C=O) groups is 1. The molecule has 1 aliphatic carbocycles. The molecule has 0 spiro atoms. The summed E-state index contributed by atoms with van der Waals surface area (Å²) in [7, 11) is 0. The maximum atomic E-state index is 10.2. The molecule has 1 saturated carbocycles. The first-order valence-electron chi connectivity index (χ1n) is 5.17. The third-order valence-electron chi connectivity index (χ3n) is 2.58. The third-order valence-corrected chi connectivity index (χ3v) is 2.58. The lowest BCUT2D eigenvalue weighted by Gasteiger charge is -2.17. The van der Waals surface area contributed by atoms with Crippen molar-refractivity contribution in [2.24, 2.45) is 5.92 Å². The molecule has 1 rings (SSSR count).